The zero-order valence-corrected chi connectivity index (χ0v) is 12.2. The molecule has 110 valence electrons. The number of aryl methyl sites for hydroxylation is 1. The molecule has 2 aromatic rings. The number of anilines is 1. The fourth-order valence-corrected chi connectivity index (χ4v) is 1.81. The lowest BCUT2D eigenvalue weighted by Crippen LogP contribution is -2.30. The van der Waals surface area contributed by atoms with Crippen molar-refractivity contribution in [2.24, 2.45) is 0 Å². The van der Waals surface area contributed by atoms with Crippen molar-refractivity contribution < 1.29 is 14.6 Å². The van der Waals surface area contributed by atoms with Crippen molar-refractivity contribution in [2.45, 2.75) is 26.6 Å². The van der Waals surface area contributed by atoms with Crippen LogP contribution in [0.25, 0.3) is 0 Å². The highest BCUT2D eigenvalue weighted by molar-refractivity contribution is 5.94. The molecular formula is C17H19NO3. The van der Waals surface area contributed by atoms with Crippen LogP contribution in [0, 0.1) is 6.92 Å². The van der Waals surface area contributed by atoms with Crippen molar-refractivity contribution in [3.8, 4) is 5.75 Å². The van der Waals surface area contributed by atoms with E-state index in [1.54, 1.807) is 31.2 Å². The SMILES string of the molecule is Cc1ccc(OC(C)C(=O)Nc2ccc(CO)cc2)cc1. The van der Waals surface area contributed by atoms with Crippen molar-refractivity contribution in [1.82, 2.24) is 0 Å². The molecule has 0 aliphatic heterocycles. The van der Waals surface area contributed by atoms with E-state index in [1.807, 2.05) is 31.2 Å². The van der Waals surface area contributed by atoms with Gasteiger partial charge in [0, 0.05) is 5.69 Å². The maximum atomic E-state index is 12.1. The number of aliphatic hydroxyl groups is 1. The predicted molar refractivity (Wildman–Crippen MR) is 82.3 cm³/mol. The summed E-state index contributed by atoms with van der Waals surface area (Å²) >= 11 is 0. The molecule has 0 aliphatic rings. The number of nitrogens with one attached hydrogen (secondary N) is 1. The summed E-state index contributed by atoms with van der Waals surface area (Å²) in [7, 11) is 0. The summed E-state index contributed by atoms with van der Waals surface area (Å²) in [6, 6.07) is 14.6. The van der Waals surface area contributed by atoms with Crippen LogP contribution in [0.4, 0.5) is 5.69 Å². The van der Waals surface area contributed by atoms with Crippen molar-refractivity contribution in [3.63, 3.8) is 0 Å². The first-order valence-corrected chi connectivity index (χ1v) is 6.82. The zero-order valence-electron chi connectivity index (χ0n) is 12.2. The second kappa shape index (κ2) is 6.90. The fourth-order valence-electron chi connectivity index (χ4n) is 1.81. The van der Waals surface area contributed by atoms with Crippen molar-refractivity contribution in [2.75, 3.05) is 5.32 Å². The largest absolute Gasteiger partial charge is 0.481 e. The lowest BCUT2D eigenvalue weighted by atomic mass is 10.2. The van der Waals surface area contributed by atoms with Gasteiger partial charge in [-0.25, -0.2) is 0 Å². The Labute approximate surface area is 124 Å². The molecule has 0 aromatic heterocycles. The molecule has 2 N–H and O–H groups in total. The van der Waals surface area contributed by atoms with Crippen LogP contribution in [0.15, 0.2) is 48.5 Å². The normalized spacial score (nSPS) is 11.8. The Morgan fingerprint density at radius 1 is 1.14 bits per heavy atom. The van der Waals surface area contributed by atoms with E-state index in [0.717, 1.165) is 11.1 Å². The Balaban J connectivity index is 1.93. The molecule has 1 amide bonds. The minimum absolute atomic E-state index is 0.0127. The summed E-state index contributed by atoms with van der Waals surface area (Å²) in [4.78, 5) is 12.1. The summed E-state index contributed by atoms with van der Waals surface area (Å²) in [6.45, 7) is 3.69. The Morgan fingerprint density at radius 2 is 1.76 bits per heavy atom. The van der Waals surface area contributed by atoms with Crippen LogP contribution in [0.2, 0.25) is 0 Å². The molecule has 4 heteroatoms. The Bertz CT molecular complexity index is 590. The molecule has 1 atom stereocenters. The summed E-state index contributed by atoms with van der Waals surface area (Å²) in [5.41, 5.74) is 2.62. The molecular weight excluding hydrogens is 266 g/mol. The number of carbonyl (C=O) groups excluding carboxylic acids is 1. The second-order valence-corrected chi connectivity index (χ2v) is 4.92. The summed E-state index contributed by atoms with van der Waals surface area (Å²) < 4.78 is 5.60. The molecule has 0 saturated carbocycles. The van der Waals surface area contributed by atoms with E-state index >= 15 is 0 Å². The van der Waals surface area contributed by atoms with Gasteiger partial charge in [-0.05, 0) is 43.7 Å². The van der Waals surface area contributed by atoms with Crippen LogP contribution in [0.3, 0.4) is 0 Å². The minimum atomic E-state index is -0.592. The molecule has 0 fully saturated rings. The van der Waals surface area contributed by atoms with Gasteiger partial charge in [-0.1, -0.05) is 29.8 Å². The van der Waals surface area contributed by atoms with Crippen LogP contribution >= 0.6 is 0 Å². The maximum absolute atomic E-state index is 12.1. The molecule has 0 spiro atoms. The zero-order chi connectivity index (χ0) is 15.2. The fraction of sp³-hybridized carbons (Fsp3) is 0.235. The van der Waals surface area contributed by atoms with Gasteiger partial charge < -0.3 is 15.2 Å². The van der Waals surface area contributed by atoms with Crippen molar-refractivity contribution >= 4 is 11.6 Å². The molecule has 0 bridgehead atoms. The summed E-state index contributed by atoms with van der Waals surface area (Å²) in [6.07, 6.45) is -0.592. The van der Waals surface area contributed by atoms with Gasteiger partial charge in [0.05, 0.1) is 6.61 Å². The number of carbonyl (C=O) groups is 1. The van der Waals surface area contributed by atoms with Crippen LogP contribution in [-0.2, 0) is 11.4 Å². The summed E-state index contributed by atoms with van der Waals surface area (Å²) in [5, 5.41) is 11.8. The van der Waals surface area contributed by atoms with E-state index in [9.17, 15) is 4.79 Å². The Hall–Kier alpha value is -2.33. The number of rotatable bonds is 5. The number of benzene rings is 2. The molecule has 0 saturated heterocycles. The van der Waals surface area contributed by atoms with E-state index in [2.05, 4.69) is 5.32 Å². The number of hydrogen-bond donors (Lipinski definition) is 2. The van der Waals surface area contributed by atoms with Crippen LogP contribution in [-0.4, -0.2) is 17.1 Å². The average Bonchev–Trinajstić information content (AvgIpc) is 2.50. The molecule has 1 unspecified atom stereocenters. The van der Waals surface area contributed by atoms with Gasteiger partial charge in [0.15, 0.2) is 6.10 Å². The number of aliphatic hydroxyl groups excluding tert-OH is 1. The van der Waals surface area contributed by atoms with E-state index < -0.39 is 6.10 Å². The van der Waals surface area contributed by atoms with E-state index in [1.165, 1.54) is 0 Å². The van der Waals surface area contributed by atoms with Crippen LogP contribution in [0.5, 0.6) is 5.75 Å². The van der Waals surface area contributed by atoms with Crippen LogP contribution in [0.1, 0.15) is 18.1 Å². The molecule has 2 aromatic carbocycles. The first-order valence-electron chi connectivity index (χ1n) is 6.82. The van der Waals surface area contributed by atoms with E-state index in [-0.39, 0.29) is 12.5 Å². The topological polar surface area (TPSA) is 58.6 Å². The molecule has 0 aliphatic carbocycles. The number of hydrogen-bond acceptors (Lipinski definition) is 3. The molecule has 2 rings (SSSR count). The molecule has 4 nitrogen and oxygen atoms in total. The van der Waals surface area contributed by atoms with E-state index in [4.69, 9.17) is 9.84 Å². The van der Waals surface area contributed by atoms with Gasteiger partial charge in [0.25, 0.3) is 5.91 Å². The standard InChI is InChI=1S/C17H19NO3/c1-12-3-9-16(10-4-12)21-13(2)17(20)18-15-7-5-14(11-19)6-8-15/h3-10,13,19H,11H2,1-2H3,(H,18,20). The lowest BCUT2D eigenvalue weighted by Gasteiger charge is -2.15. The number of amides is 1. The lowest BCUT2D eigenvalue weighted by molar-refractivity contribution is -0.122. The average molecular weight is 285 g/mol. The third-order valence-corrected chi connectivity index (χ3v) is 3.11. The highest BCUT2D eigenvalue weighted by atomic mass is 16.5. The van der Waals surface area contributed by atoms with Crippen molar-refractivity contribution in [3.05, 3.63) is 59.7 Å². The van der Waals surface area contributed by atoms with Gasteiger partial charge in [-0.2, -0.15) is 0 Å². The third-order valence-electron chi connectivity index (χ3n) is 3.11. The molecule has 0 radical (unpaired) electrons. The van der Waals surface area contributed by atoms with Gasteiger partial charge in [-0.15, -0.1) is 0 Å². The van der Waals surface area contributed by atoms with Crippen LogP contribution < -0.4 is 10.1 Å². The van der Waals surface area contributed by atoms with Crippen molar-refractivity contribution in [1.29, 1.82) is 0 Å². The monoisotopic (exact) mass is 285 g/mol. The molecule has 0 heterocycles. The third kappa shape index (κ3) is 4.33. The highest BCUT2D eigenvalue weighted by Crippen LogP contribution is 2.15. The van der Waals surface area contributed by atoms with E-state index in [0.29, 0.717) is 11.4 Å². The van der Waals surface area contributed by atoms with Gasteiger partial charge in [0.1, 0.15) is 5.75 Å². The van der Waals surface area contributed by atoms with Gasteiger partial charge in [0.2, 0.25) is 0 Å². The first kappa shape index (κ1) is 15.1. The molecule has 21 heavy (non-hydrogen) atoms. The predicted octanol–water partition coefficient (Wildman–Crippen LogP) is 2.89. The minimum Gasteiger partial charge on any atom is -0.481 e. The quantitative estimate of drug-likeness (QED) is 0.888. The highest BCUT2D eigenvalue weighted by Gasteiger charge is 2.14. The second-order valence-electron chi connectivity index (χ2n) is 4.92. The van der Waals surface area contributed by atoms with Gasteiger partial charge >= 0.3 is 0 Å². The van der Waals surface area contributed by atoms with Gasteiger partial charge in [-0.3, -0.25) is 4.79 Å². The summed E-state index contributed by atoms with van der Waals surface area (Å²) in [5.74, 6) is 0.450. The Morgan fingerprint density at radius 3 is 2.33 bits per heavy atom. The Kier molecular flexibility index (Phi) is 4.95. The first-order chi connectivity index (χ1) is 10.1. The maximum Gasteiger partial charge on any atom is 0.265 e. The smallest absolute Gasteiger partial charge is 0.265 e. The number of ether oxygens (including phenoxy) is 1.